The van der Waals surface area contributed by atoms with Gasteiger partial charge < -0.3 is 18.9 Å². The molecule has 0 spiro atoms. The average molecular weight is 851 g/mol. The highest BCUT2D eigenvalue weighted by atomic mass is 16.5. The minimum absolute atomic E-state index is 0.528. The summed E-state index contributed by atoms with van der Waals surface area (Å²) >= 11 is 0. The largest absolute Gasteiger partial charge is 0.494 e. The lowest BCUT2D eigenvalue weighted by molar-refractivity contribution is 0.227. The zero-order valence-electron chi connectivity index (χ0n) is 40.7. The van der Waals surface area contributed by atoms with Crippen LogP contribution in [0.1, 0.15) is 218 Å². The van der Waals surface area contributed by atoms with Crippen molar-refractivity contribution < 1.29 is 18.9 Å². The highest BCUT2D eigenvalue weighted by Crippen LogP contribution is 2.34. The van der Waals surface area contributed by atoms with E-state index in [2.05, 4.69) is 127 Å². The molecule has 346 valence electrons. The summed E-state index contributed by atoms with van der Waals surface area (Å²) in [5, 5.41) is 0. The number of benzene rings is 3. The molecule has 3 aromatic carbocycles. The normalized spacial score (nSPS) is 12.6. The summed E-state index contributed by atoms with van der Waals surface area (Å²) in [6.07, 6.45) is 39.1. The topological polar surface area (TPSA) is 36.9 Å². The van der Waals surface area contributed by atoms with E-state index in [-0.39, 0.29) is 0 Å². The fourth-order valence-electron chi connectivity index (χ4n) is 7.89. The summed E-state index contributed by atoms with van der Waals surface area (Å²) in [6.45, 7) is 16.6. The van der Waals surface area contributed by atoms with Gasteiger partial charge in [0.05, 0.1) is 26.4 Å². The summed E-state index contributed by atoms with van der Waals surface area (Å²) in [7, 11) is 0. The molecule has 0 radical (unpaired) electrons. The zero-order chi connectivity index (χ0) is 44.3. The lowest BCUT2D eigenvalue weighted by atomic mass is 10.00. The second kappa shape index (κ2) is 34.8. The third kappa shape index (κ3) is 23.1. The quantitative estimate of drug-likeness (QED) is 0.0425. The van der Waals surface area contributed by atoms with Crippen LogP contribution >= 0.6 is 0 Å². The predicted octanol–water partition coefficient (Wildman–Crippen LogP) is 18.3. The Morgan fingerprint density at radius 3 is 1.05 bits per heavy atom. The molecule has 3 aromatic rings. The SMILES string of the molecule is CCCCCCCCCCOc1ccc(/C=C/c2cc(OC[C@@H](CC)CCCC)c(/C=C/c3ccc(OCCCCCCCCCC)cc3)cc2OC[C@H](CC)CCCC)cc1. The first-order valence-electron chi connectivity index (χ1n) is 25.8. The van der Waals surface area contributed by atoms with Gasteiger partial charge in [0.15, 0.2) is 0 Å². The third-order valence-corrected chi connectivity index (χ3v) is 12.4. The van der Waals surface area contributed by atoms with Gasteiger partial charge in [0.25, 0.3) is 0 Å². The van der Waals surface area contributed by atoms with E-state index < -0.39 is 0 Å². The van der Waals surface area contributed by atoms with Gasteiger partial charge in [0, 0.05) is 11.1 Å². The van der Waals surface area contributed by atoms with Crippen LogP contribution in [0, 0.1) is 11.8 Å². The summed E-state index contributed by atoms with van der Waals surface area (Å²) in [5.41, 5.74) is 4.34. The molecule has 0 unspecified atom stereocenters. The van der Waals surface area contributed by atoms with Crippen LogP contribution in [0.3, 0.4) is 0 Å². The Balaban J connectivity index is 1.78. The van der Waals surface area contributed by atoms with Crippen molar-refractivity contribution >= 4 is 24.3 Å². The number of unbranched alkanes of at least 4 members (excludes halogenated alkanes) is 16. The molecule has 0 aliphatic carbocycles. The number of rotatable bonds is 38. The molecule has 0 aliphatic rings. The van der Waals surface area contributed by atoms with E-state index >= 15 is 0 Å². The van der Waals surface area contributed by atoms with Crippen LogP contribution < -0.4 is 18.9 Å². The van der Waals surface area contributed by atoms with Crippen molar-refractivity contribution in [2.24, 2.45) is 11.8 Å². The van der Waals surface area contributed by atoms with Crippen molar-refractivity contribution in [1.82, 2.24) is 0 Å². The van der Waals surface area contributed by atoms with E-state index in [0.717, 1.165) is 84.1 Å². The fourth-order valence-corrected chi connectivity index (χ4v) is 7.89. The number of hydrogen-bond donors (Lipinski definition) is 0. The molecule has 4 nitrogen and oxygen atoms in total. The first-order valence-corrected chi connectivity index (χ1v) is 25.8. The van der Waals surface area contributed by atoms with Crippen molar-refractivity contribution in [2.75, 3.05) is 26.4 Å². The van der Waals surface area contributed by atoms with E-state index in [1.165, 1.54) is 128 Å². The Kier molecular flexibility index (Phi) is 29.6. The molecule has 0 aromatic heterocycles. The van der Waals surface area contributed by atoms with Gasteiger partial charge in [0.2, 0.25) is 0 Å². The fraction of sp³-hybridized carbons (Fsp3) is 0.621. The monoisotopic (exact) mass is 851 g/mol. The maximum absolute atomic E-state index is 6.76. The van der Waals surface area contributed by atoms with Gasteiger partial charge in [-0.15, -0.1) is 0 Å². The summed E-state index contributed by atoms with van der Waals surface area (Å²) in [6, 6.07) is 21.4. The average Bonchev–Trinajstić information content (AvgIpc) is 3.30. The Labute approximate surface area is 381 Å². The van der Waals surface area contributed by atoms with Crippen molar-refractivity contribution in [3.05, 3.63) is 82.9 Å². The van der Waals surface area contributed by atoms with Crippen LogP contribution in [0.15, 0.2) is 60.7 Å². The van der Waals surface area contributed by atoms with Crippen LogP contribution in [0.25, 0.3) is 24.3 Å². The van der Waals surface area contributed by atoms with Crippen LogP contribution in [0.4, 0.5) is 0 Å². The zero-order valence-corrected chi connectivity index (χ0v) is 40.7. The van der Waals surface area contributed by atoms with E-state index in [1.807, 2.05) is 0 Å². The van der Waals surface area contributed by atoms with Gasteiger partial charge >= 0.3 is 0 Å². The van der Waals surface area contributed by atoms with E-state index in [4.69, 9.17) is 18.9 Å². The van der Waals surface area contributed by atoms with Crippen molar-refractivity contribution in [3.63, 3.8) is 0 Å². The standard InChI is InChI=1S/C58H90O4/c1-7-13-17-19-21-23-25-27-43-59-55-39-33-51(34-40-55)31-37-53-45-58(62-48-50(12-6)30-16-10-4)54(46-57(53)61-47-49(11-5)29-15-9-3)38-32-52-35-41-56(42-36-52)60-44-28-26-24-22-20-18-14-8-2/h31-42,45-46,49-50H,7-30,43-44,47-48H2,1-6H3/b37-31+,38-32+/t49-,50+. The van der Waals surface area contributed by atoms with Crippen LogP contribution in [0.2, 0.25) is 0 Å². The highest BCUT2D eigenvalue weighted by Gasteiger charge is 2.15. The minimum atomic E-state index is 0.528. The second-order valence-electron chi connectivity index (χ2n) is 17.8. The molecule has 0 aliphatic heterocycles. The highest BCUT2D eigenvalue weighted by molar-refractivity contribution is 5.79. The first kappa shape index (κ1) is 52.7. The van der Waals surface area contributed by atoms with Crippen LogP contribution in [0.5, 0.6) is 23.0 Å². The summed E-state index contributed by atoms with van der Waals surface area (Å²) in [5.74, 6) is 4.73. The Morgan fingerprint density at radius 2 is 0.710 bits per heavy atom. The van der Waals surface area contributed by atoms with Gasteiger partial charge in [-0.1, -0.05) is 219 Å². The maximum atomic E-state index is 6.76. The molecule has 4 heteroatoms. The molecule has 0 N–H and O–H groups in total. The molecule has 0 fully saturated rings. The van der Waals surface area contributed by atoms with Gasteiger partial charge in [-0.3, -0.25) is 0 Å². The van der Waals surface area contributed by atoms with Crippen LogP contribution in [-0.2, 0) is 0 Å². The molecule has 0 heterocycles. The first-order chi connectivity index (χ1) is 30.5. The van der Waals surface area contributed by atoms with E-state index in [1.54, 1.807) is 0 Å². The molecule has 0 saturated heterocycles. The van der Waals surface area contributed by atoms with Gasteiger partial charge in [-0.05, 0) is 85.0 Å². The molecular formula is C58H90O4. The molecule has 0 bridgehead atoms. The number of ether oxygens (including phenoxy) is 4. The van der Waals surface area contributed by atoms with Crippen molar-refractivity contribution in [3.8, 4) is 23.0 Å². The lowest BCUT2D eigenvalue weighted by Gasteiger charge is -2.20. The second-order valence-corrected chi connectivity index (χ2v) is 17.8. The molecular weight excluding hydrogens is 761 g/mol. The Morgan fingerprint density at radius 1 is 0.371 bits per heavy atom. The third-order valence-electron chi connectivity index (χ3n) is 12.4. The van der Waals surface area contributed by atoms with Gasteiger partial charge in [-0.2, -0.15) is 0 Å². The molecule has 0 saturated carbocycles. The van der Waals surface area contributed by atoms with Gasteiger partial charge in [0.1, 0.15) is 23.0 Å². The maximum Gasteiger partial charge on any atom is 0.127 e. The van der Waals surface area contributed by atoms with Crippen LogP contribution in [-0.4, -0.2) is 26.4 Å². The minimum Gasteiger partial charge on any atom is -0.494 e. The summed E-state index contributed by atoms with van der Waals surface area (Å²) < 4.78 is 25.8. The smallest absolute Gasteiger partial charge is 0.127 e. The molecule has 0 amide bonds. The summed E-state index contributed by atoms with van der Waals surface area (Å²) in [4.78, 5) is 0. The Bertz CT molecular complexity index is 1450. The van der Waals surface area contributed by atoms with E-state index in [9.17, 15) is 0 Å². The Hall–Kier alpha value is -3.66. The molecule has 62 heavy (non-hydrogen) atoms. The van der Waals surface area contributed by atoms with Crippen molar-refractivity contribution in [1.29, 1.82) is 0 Å². The number of hydrogen-bond acceptors (Lipinski definition) is 4. The predicted molar refractivity (Wildman–Crippen MR) is 271 cm³/mol. The van der Waals surface area contributed by atoms with Crippen molar-refractivity contribution in [2.45, 2.75) is 196 Å². The lowest BCUT2D eigenvalue weighted by Crippen LogP contribution is -2.13. The van der Waals surface area contributed by atoms with E-state index in [0.29, 0.717) is 25.0 Å². The molecule has 2 atom stereocenters. The molecule has 3 rings (SSSR count). The van der Waals surface area contributed by atoms with Gasteiger partial charge in [-0.25, -0.2) is 0 Å².